The van der Waals surface area contributed by atoms with Gasteiger partial charge in [-0.1, -0.05) is 0 Å². The van der Waals surface area contributed by atoms with E-state index in [0.717, 1.165) is 0 Å². The van der Waals surface area contributed by atoms with Crippen LogP contribution in [0.4, 0.5) is 0 Å². The zero-order chi connectivity index (χ0) is 3.58. The van der Waals surface area contributed by atoms with Crippen LogP contribution >= 0.6 is 0 Å². The molecule has 0 unspecified atom stereocenters. The normalized spacial score (nSPS) is 4.00. The number of hydrogen-bond acceptors (Lipinski definition) is 3. The van der Waals surface area contributed by atoms with Gasteiger partial charge in [-0.15, -0.1) is 0 Å². The van der Waals surface area contributed by atoms with E-state index in [1.165, 1.54) is 0 Å². The number of nitrogens with zero attached hydrogens (tertiary/aromatic N) is 1. The molecule has 6 heteroatoms. The van der Waals surface area contributed by atoms with Crippen molar-refractivity contribution in [2.45, 2.75) is 0 Å². The van der Waals surface area contributed by atoms with Gasteiger partial charge in [-0.3, -0.25) is 0 Å². The Kier molecular flexibility index (Phi) is 26.2. The number of rotatable bonds is 0. The smallest absolute Gasteiger partial charge is 0.356 e. The van der Waals surface area contributed by atoms with E-state index in [0.29, 0.717) is 0 Å². The van der Waals surface area contributed by atoms with Gasteiger partial charge in [-0.05, 0) is 0 Å². The third kappa shape index (κ3) is 38.3. The van der Waals surface area contributed by atoms with Crippen LogP contribution in [0.25, 0.3) is 0 Å². The topological polar surface area (TPSA) is 66.2 Å². The molecule has 25 valence electrons. The Morgan fingerprint density at radius 1 is 1.33 bits per heavy atom. The van der Waals surface area contributed by atoms with Crippen molar-refractivity contribution < 1.29 is 88.6 Å². The van der Waals surface area contributed by atoms with E-state index >= 15 is 0 Å². The summed E-state index contributed by atoms with van der Waals surface area (Å²) in [5.74, 6) is 0. The zero-order valence-corrected chi connectivity index (χ0v) is 8.95. The van der Waals surface area contributed by atoms with Crippen LogP contribution in [0.2, 0.25) is 0 Å². The molecule has 6 heavy (non-hydrogen) atoms. The van der Waals surface area contributed by atoms with Crippen molar-refractivity contribution in [1.82, 2.24) is 0 Å². The molecule has 0 aromatic heterocycles. The second kappa shape index (κ2) is 10.0. The molecule has 0 aliphatic carbocycles. The van der Waals surface area contributed by atoms with E-state index in [4.69, 9.17) is 15.3 Å². The molecule has 0 aliphatic heterocycles. The van der Waals surface area contributed by atoms with Gasteiger partial charge in [0.1, 0.15) is 0 Å². The predicted octanol–water partition coefficient (Wildman–Crippen LogP) is -0.239. The van der Waals surface area contributed by atoms with E-state index < -0.39 is 5.09 Å². The van der Waals surface area contributed by atoms with E-state index in [-0.39, 0.29) is 83.5 Å². The molecule has 4 nitrogen and oxygen atoms in total. The Labute approximate surface area is 102 Å². The first kappa shape index (κ1) is 15.7. The molecule has 0 spiro atoms. The molecule has 0 saturated carbocycles. The van der Waals surface area contributed by atoms with E-state index in [9.17, 15) is 0 Å². The molecule has 0 atom stereocenters. The summed E-state index contributed by atoms with van der Waals surface area (Å²) in [6.07, 6.45) is 0. The maximum Gasteiger partial charge on any atom is 4.00 e. The van der Waals surface area contributed by atoms with Crippen LogP contribution in [-0.2, 0) is 0 Å². The minimum atomic E-state index is -1.75. The largest absolute Gasteiger partial charge is 4.00 e. The maximum atomic E-state index is 8.25. The molecule has 0 saturated heterocycles. The standard InChI is InChI=1S/2Ce.NO3/c;;2-1(3)4/q+3;+4;-1. The molecular formula is Ce2NO3+6. The molecule has 0 amide bonds. The Morgan fingerprint density at radius 2 is 1.33 bits per heavy atom. The first-order chi connectivity index (χ1) is 1.73. The summed E-state index contributed by atoms with van der Waals surface area (Å²) in [6.45, 7) is 0. The fourth-order valence-electron chi connectivity index (χ4n) is 0. The molecule has 0 N–H and O–H groups in total. The first-order valence-corrected chi connectivity index (χ1v) is 0.548. The van der Waals surface area contributed by atoms with Gasteiger partial charge in [0.2, 0.25) is 0 Å². The Bertz CT molecular complexity index is 31.8. The van der Waals surface area contributed by atoms with E-state index in [1.807, 2.05) is 0 Å². The van der Waals surface area contributed by atoms with Crippen molar-refractivity contribution in [3.05, 3.63) is 15.3 Å². The summed E-state index contributed by atoms with van der Waals surface area (Å²) in [5.41, 5.74) is 0. The van der Waals surface area contributed by atoms with Crippen LogP contribution < -0.4 is 0 Å². The third-order valence-electron chi connectivity index (χ3n) is 0. The average molecular weight is 342 g/mol. The van der Waals surface area contributed by atoms with Crippen molar-refractivity contribution in [2.75, 3.05) is 0 Å². The molecule has 1 radical (unpaired) electrons. The fraction of sp³-hybridized carbons (Fsp3) is 0. The molecular weight excluding hydrogens is 342 g/mol. The summed E-state index contributed by atoms with van der Waals surface area (Å²) < 4.78 is 0. The molecule has 0 rings (SSSR count). The van der Waals surface area contributed by atoms with Crippen molar-refractivity contribution >= 4 is 0 Å². The van der Waals surface area contributed by atoms with Crippen LogP contribution in [0.3, 0.4) is 0 Å². The first-order valence-electron chi connectivity index (χ1n) is 0.548. The second-order valence-corrected chi connectivity index (χ2v) is 0.224. The SMILES string of the molecule is O=[N+]([O-])[O-].[Ce+3].[Ce+4]. The zero-order valence-electron chi connectivity index (χ0n) is 2.67. The van der Waals surface area contributed by atoms with Crippen molar-refractivity contribution in [3.63, 3.8) is 0 Å². The summed E-state index contributed by atoms with van der Waals surface area (Å²) in [6, 6.07) is 0. The van der Waals surface area contributed by atoms with Crippen molar-refractivity contribution in [2.24, 2.45) is 0 Å². The van der Waals surface area contributed by atoms with Crippen LogP contribution in [-0.4, -0.2) is 5.09 Å². The van der Waals surface area contributed by atoms with E-state index in [1.54, 1.807) is 0 Å². The monoisotopic (exact) mass is 342 g/mol. The molecule has 0 fully saturated rings. The molecule has 0 aromatic rings. The molecule has 0 aromatic carbocycles. The summed E-state index contributed by atoms with van der Waals surface area (Å²) in [5, 5.41) is 14.8. The Hall–Kier alpha value is 1.95. The Balaban J connectivity index is -0.0000000450. The quantitative estimate of drug-likeness (QED) is 0.451. The van der Waals surface area contributed by atoms with Crippen molar-refractivity contribution in [1.29, 1.82) is 0 Å². The van der Waals surface area contributed by atoms with Crippen LogP contribution in [0.5, 0.6) is 0 Å². The second-order valence-electron chi connectivity index (χ2n) is 0.224. The van der Waals surface area contributed by atoms with Crippen LogP contribution in [0, 0.1) is 98.8 Å². The predicted molar refractivity (Wildman–Crippen MR) is 10.4 cm³/mol. The molecule has 0 bridgehead atoms. The Morgan fingerprint density at radius 3 is 1.33 bits per heavy atom. The van der Waals surface area contributed by atoms with Gasteiger partial charge in [-0.25, -0.2) is 0 Å². The van der Waals surface area contributed by atoms with E-state index in [2.05, 4.69) is 0 Å². The summed E-state index contributed by atoms with van der Waals surface area (Å²) >= 11 is 0. The van der Waals surface area contributed by atoms with Gasteiger partial charge in [-0.2, -0.15) is 0 Å². The van der Waals surface area contributed by atoms with Gasteiger partial charge >= 0.3 is 83.5 Å². The molecule has 0 heterocycles. The van der Waals surface area contributed by atoms with Gasteiger partial charge < -0.3 is 15.3 Å². The third-order valence-corrected chi connectivity index (χ3v) is 0. The summed E-state index contributed by atoms with van der Waals surface area (Å²) in [4.78, 5) is 8.25. The van der Waals surface area contributed by atoms with Gasteiger partial charge in [0, 0.05) is 0 Å². The maximum absolute atomic E-state index is 8.25. The molecule has 0 aliphatic rings. The van der Waals surface area contributed by atoms with Gasteiger partial charge in [0.25, 0.3) is 0 Å². The average Bonchev–Trinajstić information content (AvgIpc) is 0.811. The van der Waals surface area contributed by atoms with Crippen molar-refractivity contribution in [3.8, 4) is 0 Å². The van der Waals surface area contributed by atoms with Crippen LogP contribution in [0.1, 0.15) is 0 Å². The fourth-order valence-corrected chi connectivity index (χ4v) is 0. The summed E-state index contributed by atoms with van der Waals surface area (Å²) in [7, 11) is 0. The minimum Gasteiger partial charge on any atom is -0.356 e. The number of hydrogen-bond donors (Lipinski definition) is 0. The minimum absolute atomic E-state index is 0. The van der Waals surface area contributed by atoms with Gasteiger partial charge in [0.05, 0.1) is 5.09 Å². The van der Waals surface area contributed by atoms with Gasteiger partial charge in [0.15, 0.2) is 0 Å². The van der Waals surface area contributed by atoms with Crippen LogP contribution in [0.15, 0.2) is 0 Å².